The SMILES string of the molecule is CC(C)(C)COC(=O)[C@]1(O)[C](O)O[C@H](CO)[C@@H](O)[C@@H]1O. The fourth-order valence-corrected chi connectivity index (χ4v) is 1.63. The van der Waals surface area contributed by atoms with E-state index in [2.05, 4.69) is 4.74 Å². The van der Waals surface area contributed by atoms with Gasteiger partial charge in [0.1, 0.15) is 18.3 Å². The Morgan fingerprint density at radius 1 is 1.40 bits per heavy atom. The summed E-state index contributed by atoms with van der Waals surface area (Å²) >= 11 is 0. The van der Waals surface area contributed by atoms with Crippen LogP contribution >= 0.6 is 0 Å². The van der Waals surface area contributed by atoms with Crippen LogP contribution in [0.4, 0.5) is 0 Å². The van der Waals surface area contributed by atoms with Gasteiger partial charge in [-0.05, 0) is 5.41 Å². The Kier molecular flexibility index (Phi) is 5.12. The van der Waals surface area contributed by atoms with Crippen molar-refractivity contribution in [3.63, 3.8) is 0 Å². The van der Waals surface area contributed by atoms with Crippen LogP contribution in [0, 0.1) is 11.7 Å². The van der Waals surface area contributed by atoms with Crippen molar-refractivity contribution in [2.45, 2.75) is 44.7 Å². The van der Waals surface area contributed by atoms with Crippen LogP contribution in [-0.2, 0) is 14.3 Å². The predicted octanol–water partition coefficient (Wildman–Crippen LogP) is -1.72. The molecule has 0 unspecified atom stereocenters. The fraction of sp³-hybridized carbons (Fsp3) is 0.833. The molecule has 1 heterocycles. The molecule has 8 heteroatoms. The second-order valence-corrected chi connectivity index (χ2v) is 5.98. The average Bonchev–Trinajstić information content (AvgIpc) is 2.36. The summed E-state index contributed by atoms with van der Waals surface area (Å²) in [7, 11) is 0. The van der Waals surface area contributed by atoms with Gasteiger partial charge in [0.25, 0.3) is 11.9 Å². The first-order valence-electron chi connectivity index (χ1n) is 6.13. The van der Waals surface area contributed by atoms with Gasteiger partial charge in [0.2, 0.25) is 0 Å². The molecule has 20 heavy (non-hydrogen) atoms. The van der Waals surface area contributed by atoms with Crippen LogP contribution < -0.4 is 0 Å². The quantitative estimate of drug-likeness (QED) is 0.388. The first-order chi connectivity index (χ1) is 9.04. The zero-order valence-corrected chi connectivity index (χ0v) is 11.6. The van der Waals surface area contributed by atoms with Gasteiger partial charge in [-0.1, -0.05) is 20.8 Å². The number of aliphatic hydroxyl groups is 5. The van der Waals surface area contributed by atoms with Crippen LogP contribution in [0.25, 0.3) is 0 Å². The minimum atomic E-state index is -2.89. The number of ether oxygens (including phenoxy) is 2. The highest BCUT2D eigenvalue weighted by atomic mass is 16.7. The summed E-state index contributed by atoms with van der Waals surface area (Å²) in [5, 5.41) is 48.0. The first-order valence-corrected chi connectivity index (χ1v) is 6.13. The van der Waals surface area contributed by atoms with Gasteiger partial charge in [-0.2, -0.15) is 0 Å². The smallest absolute Gasteiger partial charge is 0.347 e. The van der Waals surface area contributed by atoms with Crippen molar-refractivity contribution in [3.05, 3.63) is 6.29 Å². The minimum Gasteiger partial charge on any atom is -0.463 e. The Bertz CT molecular complexity index is 352. The maximum absolute atomic E-state index is 11.9. The molecule has 8 nitrogen and oxygen atoms in total. The fourth-order valence-electron chi connectivity index (χ4n) is 1.63. The highest BCUT2D eigenvalue weighted by Gasteiger charge is 2.61. The second kappa shape index (κ2) is 5.92. The molecule has 0 aromatic heterocycles. The van der Waals surface area contributed by atoms with Crippen LogP contribution in [0.3, 0.4) is 0 Å². The lowest BCUT2D eigenvalue weighted by Gasteiger charge is -2.43. The number of aliphatic hydroxyl groups excluding tert-OH is 4. The number of hydrogen-bond acceptors (Lipinski definition) is 8. The molecule has 0 amide bonds. The van der Waals surface area contributed by atoms with E-state index in [1.54, 1.807) is 20.8 Å². The van der Waals surface area contributed by atoms with Crippen molar-refractivity contribution in [1.82, 2.24) is 0 Å². The Morgan fingerprint density at radius 2 is 1.95 bits per heavy atom. The van der Waals surface area contributed by atoms with Crippen LogP contribution in [0.2, 0.25) is 0 Å². The minimum absolute atomic E-state index is 0.0757. The van der Waals surface area contributed by atoms with E-state index in [0.29, 0.717) is 0 Å². The van der Waals surface area contributed by atoms with E-state index in [4.69, 9.17) is 9.84 Å². The Balaban J connectivity index is 2.87. The van der Waals surface area contributed by atoms with Gasteiger partial charge in [-0.15, -0.1) is 0 Å². The van der Waals surface area contributed by atoms with Gasteiger partial charge in [-0.3, -0.25) is 0 Å². The van der Waals surface area contributed by atoms with Gasteiger partial charge in [-0.25, -0.2) is 4.79 Å². The van der Waals surface area contributed by atoms with Crippen molar-refractivity contribution < 1.29 is 39.8 Å². The van der Waals surface area contributed by atoms with Gasteiger partial charge in [0, 0.05) is 0 Å². The molecular formula is C12H21O8. The predicted molar refractivity (Wildman–Crippen MR) is 64.5 cm³/mol. The third-order valence-corrected chi connectivity index (χ3v) is 2.85. The van der Waals surface area contributed by atoms with Crippen molar-refractivity contribution in [3.8, 4) is 0 Å². The number of rotatable bonds is 3. The molecule has 0 bridgehead atoms. The Labute approximate surface area is 116 Å². The normalized spacial score (nSPS) is 35.9. The topological polar surface area (TPSA) is 137 Å². The van der Waals surface area contributed by atoms with E-state index in [1.165, 1.54) is 0 Å². The van der Waals surface area contributed by atoms with E-state index in [1.807, 2.05) is 0 Å². The lowest BCUT2D eigenvalue weighted by molar-refractivity contribution is -0.274. The monoisotopic (exact) mass is 293 g/mol. The molecule has 0 aromatic rings. The molecular weight excluding hydrogens is 272 g/mol. The maximum Gasteiger partial charge on any atom is 0.347 e. The summed E-state index contributed by atoms with van der Waals surface area (Å²) < 4.78 is 9.47. The molecule has 0 aromatic carbocycles. The summed E-state index contributed by atoms with van der Waals surface area (Å²) in [5.74, 6) is -1.34. The molecule has 1 fully saturated rings. The van der Waals surface area contributed by atoms with E-state index in [9.17, 15) is 25.2 Å². The van der Waals surface area contributed by atoms with Crippen LogP contribution in [-0.4, -0.2) is 68.6 Å². The molecule has 1 aliphatic heterocycles. The molecule has 1 rings (SSSR count). The molecule has 5 N–H and O–H groups in total. The standard InChI is InChI=1S/C12H21O8/c1-11(2,3)5-19-9(16)12(18)8(15)7(14)6(4-13)20-10(12)17/h6-8,13-15,17-18H,4-5H2,1-3H3/t6-,7-,8+,12+/m1/s1. The summed E-state index contributed by atoms with van der Waals surface area (Å²) in [4.78, 5) is 11.9. The molecule has 0 aliphatic carbocycles. The number of carbonyl (C=O) groups excluding carboxylic acids is 1. The summed E-state index contributed by atoms with van der Waals surface area (Å²) in [6.07, 6.45) is -6.40. The van der Waals surface area contributed by atoms with E-state index < -0.39 is 48.2 Å². The molecule has 1 aliphatic rings. The summed E-state index contributed by atoms with van der Waals surface area (Å²) in [5.41, 5.74) is -3.29. The van der Waals surface area contributed by atoms with E-state index in [0.717, 1.165) is 0 Å². The lowest BCUT2D eigenvalue weighted by atomic mass is 9.86. The average molecular weight is 293 g/mol. The Morgan fingerprint density at radius 3 is 2.40 bits per heavy atom. The Hall–Kier alpha value is -0.770. The lowest BCUT2D eigenvalue weighted by Crippen LogP contribution is -2.67. The third kappa shape index (κ3) is 3.27. The highest BCUT2D eigenvalue weighted by molar-refractivity contribution is 5.82. The molecule has 1 radical (unpaired) electrons. The maximum atomic E-state index is 11.9. The van der Waals surface area contributed by atoms with Crippen molar-refractivity contribution in [2.75, 3.05) is 13.2 Å². The second-order valence-electron chi connectivity index (χ2n) is 5.98. The molecule has 0 spiro atoms. The first kappa shape index (κ1) is 17.3. The van der Waals surface area contributed by atoms with Crippen LogP contribution in [0.15, 0.2) is 0 Å². The number of esters is 1. The molecule has 0 saturated carbocycles. The van der Waals surface area contributed by atoms with E-state index >= 15 is 0 Å². The zero-order valence-electron chi connectivity index (χ0n) is 11.6. The van der Waals surface area contributed by atoms with Crippen LogP contribution in [0.5, 0.6) is 0 Å². The van der Waals surface area contributed by atoms with E-state index in [-0.39, 0.29) is 6.61 Å². The van der Waals surface area contributed by atoms with Crippen molar-refractivity contribution in [2.24, 2.45) is 5.41 Å². The summed E-state index contributed by atoms with van der Waals surface area (Å²) in [6.45, 7) is 4.54. The molecule has 117 valence electrons. The van der Waals surface area contributed by atoms with Gasteiger partial charge < -0.3 is 35.0 Å². The van der Waals surface area contributed by atoms with Crippen molar-refractivity contribution in [1.29, 1.82) is 0 Å². The van der Waals surface area contributed by atoms with Crippen molar-refractivity contribution >= 4 is 5.97 Å². The molecule has 1 saturated heterocycles. The van der Waals surface area contributed by atoms with Gasteiger partial charge in [0.05, 0.1) is 13.2 Å². The largest absolute Gasteiger partial charge is 0.463 e. The van der Waals surface area contributed by atoms with Gasteiger partial charge >= 0.3 is 5.97 Å². The highest BCUT2D eigenvalue weighted by Crippen LogP contribution is 2.34. The number of hydrogen-bond donors (Lipinski definition) is 5. The zero-order chi connectivity index (χ0) is 15.7. The number of carbonyl (C=O) groups is 1. The van der Waals surface area contributed by atoms with Crippen LogP contribution in [0.1, 0.15) is 20.8 Å². The third-order valence-electron chi connectivity index (χ3n) is 2.85. The summed E-state index contributed by atoms with van der Waals surface area (Å²) in [6, 6.07) is 0. The van der Waals surface area contributed by atoms with Gasteiger partial charge in [0.15, 0.2) is 0 Å². The molecule has 4 atom stereocenters.